The van der Waals surface area contributed by atoms with Crippen LogP contribution in [0, 0.1) is 5.82 Å². The molecule has 26 heavy (non-hydrogen) atoms. The third-order valence-electron chi connectivity index (χ3n) is 4.10. The van der Waals surface area contributed by atoms with Crippen molar-refractivity contribution in [2.75, 3.05) is 5.32 Å². The van der Waals surface area contributed by atoms with Gasteiger partial charge in [-0.25, -0.2) is 4.39 Å². The fourth-order valence-corrected chi connectivity index (χ4v) is 2.69. The zero-order valence-corrected chi connectivity index (χ0v) is 14.7. The van der Waals surface area contributed by atoms with E-state index in [1.165, 1.54) is 11.6 Å². The summed E-state index contributed by atoms with van der Waals surface area (Å²) in [5.74, 6) is -0.270. The molecule has 0 fully saturated rings. The molecule has 4 nitrogen and oxygen atoms in total. The summed E-state index contributed by atoms with van der Waals surface area (Å²) in [5, 5.41) is 6.70. The molecule has 134 valence electrons. The van der Waals surface area contributed by atoms with Crippen LogP contribution in [-0.4, -0.2) is 11.1 Å². The molecule has 1 heterocycles. The lowest BCUT2D eigenvalue weighted by Gasteiger charge is -2.05. The molecule has 1 aromatic heterocycles. The third-order valence-corrected chi connectivity index (χ3v) is 4.10. The zero-order chi connectivity index (χ0) is 18.4. The number of benzene rings is 2. The van der Waals surface area contributed by atoms with Crippen LogP contribution in [0.15, 0.2) is 59.1 Å². The van der Waals surface area contributed by atoms with E-state index >= 15 is 0 Å². The molecule has 0 bridgehead atoms. The predicted octanol–water partition coefficient (Wildman–Crippen LogP) is 5.00. The molecule has 0 spiro atoms. The normalized spacial score (nSPS) is 10.7. The standard InChI is InChI=1S/C21H21FN2O2/c1-2-3-6-15-9-11-16(12-10-15)23-21(25)14-17-13-20(26-24-17)18-7-4-5-8-19(18)22/h4-5,7-13H,2-3,6,14H2,1H3,(H,23,25). The highest BCUT2D eigenvalue weighted by Crippen LogP contribution is 2.23. The predicted molar refractivity (Wildman–Crippen MR) is 99.3 cm³/mol. The smallest absolute Gasteiger partial charge is 0.230 e. The van der Waals surface area contributed by atoms with Crippen LogP contribution in [-0.2, 0) is 17.6 Å². The van der Waals surface area contributed by atoms with E-state index in [4.69, 9.17) is 4.52 Å². The number of amides is 1. The Bertz CT molecular complexity index is 872. The summed E-state index contributed by atoms with van der Waals surface area (Å²) in [5.41, 5.74) is 2.79. The highest BCUT2D eigenvalue weighted by molar-refractivity contribution is 5.92. The number of nitrogens with one attached hydrogen (secondary N) is 1. The monoisotopic (exact) mass is 352 g/mol. The van der Waals surface area contributed by atoms with E-state index in [0.29, 0.717) is 17.0 Å². The number of aromatic nitrogens is 1. The molecule has 0 atom stereocenters. The summed E-state index contributed by atoms with van der Waals surface area (Å²) >= 11 is 0. The average molecular weight is 352 g/mol. The summed E-state index contributed by atoms with van der Waals surface area (Å²) in [4.78, 5) is 12.2. The first-order chi connectivity index (χ1) is 12.7. The van der Waals surface area contributed by atoms with Gasteiger partial charge < -0.3 is 9.84 Å². The Morgan fingerprint density at radius 2 is 1.92 bits per heavy atom. The van der Waals surface area contributed by atoms with Gasteiger partial charge >= 0.3 is 0 Å². The zero-order valence-electron chi connectivity index (χ0n) is 14.7. The summed E-state index contributed by atoms with van der Waals surface area (Å²) in [6.07, 6.45) is 3.42. The molecule has 1 N–H and O–H groups in total. The Labute approximate surface area is 152 Å². The number of anilines is 1. The van der Waals surface area contributed by atoms with Gasteiger partial charge in [-0.2, -0.15) is 0 Å². The lowest BCUT2D eigenvalue weighted by atomic mass is 10.1. The van der Waals surface area contributed by atoms with Crippen molar-refractivity contribution in [3.63, 3.8) is 0 Å². The largest absolute Gasteiger partial charge is 0.356 e. The van der Waals surface area contributed by atoms with Crippen molar-refractivity contribution in [1.82, 2.24) is 5.16 Å². The van der Waals surface area contributed by atoms with Gasteiger partial charge in [0.15, 0.2) is 5.76 Å². The fraction of sp³-hybridized carbons (Fsp3) is 0.238. The van der Waals surface area contributed by atoms with E-state index in [2.05, 4.69) is 17.4 Å². The van der Waals surface area contributed by atoms with Crippen LogP contribution >= 0.6 is 0 Å². The lowest BCUT2D eigenvalue weighted by molar-refractivity contribution is -0.115. The molecule has 2 aromatic carbocycles. The minimum absolute atomic E-state index is 0.0650. The molecule has 0 unspecified atom stereocenters. The summed E-state index contributed by atoms with van der Waals surface area (Å²) in [6, 6.07) is 15.7. The summed E-state index contributed by atoms with van der Waals surface area (Å²) in [6.45, 7) is 2.16. The van der Waals surface area contributed by atoms with Crippen LogP contribution in [0.25, 0.3) is 11.3 Å². The van der Waals surface area contributed by atoms with Crippen LogP contribution < -0.4 is 5.32 Å². The van der Waals surface area contributed by atoms with Crippen molar-refractivity contribution in [2.24, 2.45) is 0 Å². The molecule has 0 saturated heterocycles. The highest BCUT2D eigenvalue weighted by atomic mass is 19.1. The first-order valence-corrected chi connectivity index (χ1v) is 8.75. The quantitative estimate of drug-likeness (QED) is 0.651. The van der Waals surface area contributed by atoms with Crippen LogP contribution in [0.1, 0.15) is 31.0 Å². The SMILES string of the molecule is CCCCc1ccc(NC(=O)Cc2cc(-c3ccccc3F)on2)cc1. The van der Waals surface area contributed by atoms with Crippen LogP contribution in [0.4, 0.5) is 10.1 Å². The molecule has 1 amide bonds. The van der Waals surface area contributed by atoms with Crippen molar-refractivity contribution in [2.45, 2.75) is 32.6 Å². The van der Waals surface area contributed by atoms with Gasteiger partial charge in [-0.15, -0.1) is 0 Å². The van der Waals surface area contributed by atoms with Crippen molar-refractivity contribution >= 4 is 11.6 Å². The Hall–Kier alpha value is -2.95. The molecule has 0 aliphatic rings. The summed E-state index contributed by atoms with van der Waals surface area (Å²) < 4.78 is 18.9. The van der Waals surface area contributed by atoms with Gasteiger partial charge in [0, 0.05) is 11.8 Å². The number of nitrogens with zero attached hydrogens (tertiary/aromatic N) is 1. The Morgan fingerprint density at radius 3 is 2.65 bits per heavy atom. The molecule has 5 heteroatoms. The minimum atomic E-state index is -0.386. The third kappa shape index (κ3) is 4.57. The van der Waals surface area contributed by atoms with E-state index in [9.17, 15) is 9.18 Å². The maximum Gasteiger partial charge on any atom is 0.230 e. The Kier molecular flexibility index (Phi) is 5.79. The second-order valence-electron chi connectivity index (χ2n) is 6.19. The molecule has 3 rings (SSSR count). The highest BCUT2D eigenvalue weighted by Gasteiger charge is 2.13. The summed E-state index contributed by atoms with van der Waals surface area (Å²) in [7, 11) is 0. The van der Waals surface area contributed by atoms with E-state index in [1.807, 2.05) is 24.3 Å². The maximum absolute atomic E-state index is 13.8. The average Bonchev–Trinajstić information content (AvgIpc) is 3.09. The second-order valence-corrected chi connectivity index (χ2v) is 6.19. The van der Waals surface area contributed by atoms with Gasteiger partial charge in [-0.05, 0) is 42.7 Å². The topological polar surface area (TPSA) is 55.1 Å². The first-order valence-electron chi connectivity index (χ1n) is 8.75. The van der Waals surface area contributed by atoms with Gasteiger partial charge in [0.1, 0.15) is 5.82 Å². The Morgan fingerprint density at radius 1 is 1.15 bits per heavy atom. The van der Waals surface area contributed by atoms with Gasteiger partial charge in [0.25, 0.3) is 0 Å². The van der Waals surface area contributed by atoms with E-state index < -0.39 is 0 Å². The number of hydrogen-bond acceptors (Lipinski definition) is 3. The lowest BCUT2D eigenvalue weighted by Crippen LogP contribution is -2.14. The molecular weight excluding hydrogens is 331 g/mol. The minimum Gasteiger partial charge on any atom is -0.356 e. The second kappa shape index (κ2) is 8.43. The number of aryl methyl sites for hydroxylation is 1. The number of rotatable bonds is 7. The number of unbranched alkanes of at least 4 members (excludes halogenated alkanes) is 1. The first kappa shape index (κ1) is 17.9. The van der Waals surface area contributed by atoms with E-state index in [0.717, 1.165) is 24.9 Å². The van der Waals surface area contributed by atoms with E-state index in [1.54, 1.807) is 24.3 Å². The van der Waals surface area contributed by atoms with Crippen molar-refractivity contribution < 1.29 is 13.7 Å². The van der Waals surface area contributed by atoms with Gasteiger partial charge in [0.05, 0.1) is 17.7 Å². The molecule has 0 aliphatic carbocycles. The molecule has 0 aliphatic heterocycles. The van der Waals surface area contributed by atoms with Crippen LogP contribution in [0.2, 0.25) is 0 Å². The van der Waals surface area contributed by atoms with E-state index in [-0.39, 0.29) is 18.1 Å². The van der Waals surface area contributed by atoms with Crippen molar-refractivity contribution in [3.8, 4) is 11.3 Å². The number of carbonyl (C=O) groups excluding carboxylic acids is 1. The molecular formula is C21H21FN2O2. The van der Waals surface area contributed by atoms with Gasteiger partial charge in [-0.1, -0.05) is 42.8 Å². The van der Waals surface area contributed by atoms with Crippen molar-refractivity contribution in [1.29, 1.82) is 0 Å². The van der Waals surface area contributed by atoms with Gasteiger partial charge in [-0.3, -0.25) is 4.79 Å². The number of hydrogen-bond donors (Lipinski definition) is 1. The number of carbonyl (C=O) groups is 1. The van der Waals surface area contributed by atoms with Gasteiger partial charge in [0.2, 0.25) is 5.91 Å². The number of halogens is 1. The molecule has 0 radical (unpaired) electrons. The maximum atomic E-state index is 13.8. The molecule has 0 saturated carbocycles. The van der Waals surface area contributed by atoms with Crippen LogP contribution in [0.3, 0.4) is 0 Å². The van der Waals surface area contributed by atoms with Crippen molar-refractivity contribution in [3.05, 3.63) is 71.7 Å². The Balaban J connectivity index is 1.59. The fourth-order valence-electron chi connectivity index (χ4n) is 2.69. The molecule has 3 aromatic rings. The van der Waals surface area contributed by atoms with Crippen LogP contribution in [0.5, 0.6) is 0 Å².